The molecule has 0 atom stereocenters. The van der Waals surface area contributed by atoms with Crippen LogP contribution in [0.1, 0.15) is 45.5 Å². The number of carbonyl (C=O) groups excluding carboxylic acids is 1. The molecule has 0 unspecified atom stereocenters. The largest absolute Gasteiger partial charge is 0.508 e. The topological polar surface area (TPSA) is 77.2 Å². The van der Waals surface area contributed by atoms with Crippen LogP contribution in [0.4, 0.5) is 13.2 Å². The molecule has 0 saturated heterocycles. The number of aromatic hydroxyl groups is 1. The van der Waals surface area contributed by atoms with Gasteiger partial charge in [-0.05, 0) is 85.3 Å². The Balaban J connectivity index is 1.20. The number of amides is 1. The standard InChI is InChI=1S/C29H30F3N3O2/c30-29(31,32)23-10-8-20(9-11-23)5-3-4-15-34-28(37)25-7-2-1-6-21(25)18-33-16-14-22-19-35-27-13-12-24(36)17-26(22)27/h1-2,6-13,17,19,33,35-36H,3-5,14-16,18H2,(H,34,37). The second-order valence-electron chi connectivity index (χ2n) is 9.04. The van der Waals surface area contributed by atoms with Crippen LogP contribution in [-0.4, -0.2) is 29.1 Å². The highest BCUT2D eigenvalue weighted by molar-refractivity contribution is 5.95. The number of phenolic OH excluding ortho intramolecular Hbond substituents is 1. The molecule has 0 aliphatic rings. The zero-order chi connectivity index (χ0) is 26.3. The lowest BCUT2D eigenvalue weighted by Gasteiger charge is -2.11. The van der Waals surface area contributed by atoms with Crippen molar-refractivity contribution in [1.82, 2.24) is 15.6 Å². The van der Waals surface area contributed by atoms with E-state index in [2.05, 4.69) is 15.6 Å². The second-order valence-corrected chi connectivity index (χ2v) is 9.04. The Morgan fingerprint density at radius 2 is 1.68 bits per heavy atom. The van der Waals surface area contributed by atoms with Gasteiger partial charge in [-0.1, -0.05) is 30.3 Å². The van der Waals surface area contributed by atoms with Gasteiger partial charge in [-0.15, -0.1) is 0 Å². The minimum absolute atomic E-state index is 0.140. The number of aromatic amines is 1. The van der Waals surface area contributed by atoms with Crippen molar-refractivity contribution in [3.05, 3.63) is 101 Å². The molecule has 3 aromatic carbocycles. The van der Waals surface area contributed by atoms with Crippen molar-refractivity contribution in [3.8, 4) is 5.75 Å². The summed E-state index contributed by atoms with van der Waals surface area (Å²) >= 11 is 0. The van der Waals surface area contributed by atoms with Gasteiger partial charge in [0.15, 0.2) is 0 Å². The van der Waals surface area contributed by atoms with Crippen LogP contribution in [0.2, 0.25) is 0 Å². The summed E-state index contributed by atoms with van der Waals surface area (Å²) in [5, 5.41) is 17.1. The van der Waals surface area contributed by atoms with Gasteiger partial charge in [0.2, 0.25) is 0 Å². The first kappa shape index (κ1) is 26.3. The normalized spacial score (nSPS) is 11.6. The van der Waals surface area contributed by atoms with E-state index in [1.807, 2.05) is 30.5 Å². The number of hydrogen-bond acceptors (Lipinski definition) is 3. The number of rotatable bonds is 11. The number of phenols is 1. The molecule has 0 fully saturated rings. The van der Waals surface area contributed by atoms with Gasteiger partial charge in [0.05, 0.1) is 5.56 Å². The maximum Gasteiger partial charge on any atom is 0.416 e. The first-order valence-electron chi connectivity index (χ1n) is 12.3. The third-order valence-corrected chi connectivity index (χ3v) is 6.36. The maximum absolute atomic E-state index is 12.8. The molecule has 4 aromatic rings. The molecular weight excluding hydrogens is 479 g/mol. The number of unbranched alkanes of at least 4 members (excludes halogenated alkanes) is 1. The Hall–Kier alpha value is -3.78. The molecule has 0 spiro atoms. The van der Waals surface area contributed by atoms with E-state index in [0.717, 1.165) is 59.0 Å². The number of benzene rings is 3. The van der Waals surface area contributed by atoms with Gasteiger partial charge in [-0.3, -0.25) is 4.79 Å². The van der Waals surface area contributed by atoms with Crippen LogP contribution in [0, 0.1) is 0 Å². The van der Waals surface area contributed by atoms with Gasteiger partial charge in [0, 0.05) is 35.8 Å². The minimum Gasteiger partial charge on any atom is -0.508 e. The summed E-state index contributed by atoms with van der Waals surface area (Å²) in [4.78, 5) is 16.0. The number of aryl methyl sites for hydroxylation is 1. The van der Waals surface area contributed by atoms with Gasteiger partial charge < -0.3 is 20.7 Å². The molecule has 0 radical (unpaired) electrons. The van der Waals surface area contributed by atoms with Crippen LogP contribution >= 0.6 is 0 Å². The van der Waals surface area contributed by atoms with Crippen LogP contribution in [-0.2, 0) is 25.6 Å². The maximum atomic E-state index is 12.8. The summed E-state index contributed by atoms with van der Waals surface area (Å²) in [5.41, 5.74) is 3.82. The van der Waals surface area contributed by atoms with Crippen molar-refractivity contribution < 1.29 is 23.1 Å². The van der Waals surface area contributed by atoms with E-state index >= 15 is 0 Å². The van der Waals surface area contributed by atoms with Crippen molar-refractivity contribution in [1.29, 1.82) is 0 Å². The number of H-pyrrole nitrogens is 1. The predicted octanol–water partition coefficient (Wildman–Crippen LogP) is 5.98. The summed E-state index contributed by atoms with van der Waals surface area (Å²) < 4.78 is 38.0. The summed E-state index contributed by atoms with van der Waals surface area (Å²) in [6, 6.07) is 18.0. The third-order valence-electron chi connectivity index (χ3n) is 6.36. The molecule has 0 aliphatic heterocycles. The smallest absolute Gasteiger partial charge is 0.416 e. The van der Waals surface area contributed by atoms with Crippen LogP contribution in [0.15, 0.2) is 72.9 Å². The Labute approximate surface area is 213 Å². The molecule has 8 heteroatoms. The number of nitrogens with one attached hydrogen (secondary N) is 3. The summed E-state index contributed by atoms with van der Waals surface area (Å²) in [7, 11) is 0. The minimum atomic E-state index is -4.32. The summed E-state index contributed by atoms with van der Waals surface area (Å²) in [5.74, 6) is 0.0971. The van der Waals surface area contributed by atoms with Gasteiger partial charge in [0.25, 0.3) is 5.91 Å². The highest BCUT2D eigenvalue weighted by Crippen LogP contribution is 2.29. The average Bonchev–Trinajstić information content (AvgIpc) is 3.28. The van der Waals surface area contributed by atoms with E-state index in [4.69, 9.17) is 0 Å². The van der Waals surface area contributed by atoms with Crippen LogP contribution in [0.5, 0.6) is 5.75 Å². The van der Waals surface area contributed by atoms with Gasteiger partial charge in [0.1, 0.15) is 5.75 Å². The predicted molar refractivity (Wildman–Crippen MR) is 139 cm³/mol. The molecule has 5 nitrogen and oxygen atoms in total. The van der Waals surface area contributed by atoms with Crippen LogP contribution < -0.4 is 10.6 Å². The van der Waals surface area contributed by atoms with E-state index in [1.165, 1.54) is 12.1 Å². The molecule has 1 heterocycles. The Kier molecular flexibility index (Phi) is 8.50. The van der Waals surface area contributed by atoms with E-state index in [0.29, 0.717) is 31.6 Å². The number of carbonyl (C=O) groups is 1. The average molecular weight is 510 g/mol. The van der Waals surface area contributed by atoms with Crippen molar-refractivity contribution in [2.24, 2.45) is 0 Å². The lowest BCUT2D eigenvalue weighted by Crippen LogP contribution is -2.27. The fourth-order valence-electron chi connectivity index (χ4n) is 4.33. The summed E-state index contributed by atoms with van der Waals surface area (Å²) in [6.45, 7) is 1.75. The molecule has 37 heavy (non-hydrogen) atoms. The number of aromatic nitrogens is 1. The SMILES string of the molecule is O=C(NCCCCc1ccc(C(F)(F)F)cc1)c1ccccc1CNCCc1c[nH]c2ccc(O)cc12. The van der Waals surface area contributed by atoms with Gasteiger partial charge in [-0.2, -0.15) is 13.2 Å². The van der Waals surface area contributed by atoms with Crippen LogP contribution in [0.3, 0.4) is 0 Å². The Bertz CT molecular complexity index is 1330. The van der Waals surface area contributed by atoms with Crippen molar-refractivity contribution in [2.75, 3.05) is 13.1 Å². The molecule has 4 N–H and O–H groups in total. The second kappa shape index (κ2) is 12.0. The quantitative estimate of drug-likeness (QED) is 0.188. The zero-order valence-electron chi connectivity index (χ0n) is 20.4. The molecule has 0 aliphatic carbocycles. The highest BCUT2D eigenvalue weighted by Gasteiger charge is 2.29. The molecule has 0 saturated carbocycles. The molecule has 1 aromatic heterocycles. The number of alkyl halides is 3. The molecule has 0 bridgehead atoms. The fraction of sp³-hybridized carbons (Fsp3) is 0.276. The van der Waals surface area contributed by atoms with E-state index in [1.54, 1.807) is 18.2 Å². The molecular formula is C29H30F3N3O2. The van der Waals surface area contributed by atoms with E-state index < -0.39 is 11.7 Å². The third kappa shape index (κ3) is 7.13. The first-order chi connectivity index (χ1) is 17.8. The lowest BCUT2D eigenvalue weighted by molar-refractivity contribution is -0.137. The highest BCUT2D eigenvalue weighted by atomic mass is 19.4. The monoisotopic (exact) mass is 509 g/mol. The fourth-order valence-corrected chi connectivity index (χ4v) is 4.33. The number of halogens is 3. The van der Waals surface area contributed by atoms with Crippen molar-refractivity contribution >= 4 is 16.8 Å². The number of hydrogen-bond donors (Lipinski definition) is 4. The first-order valence-corrected chi connectivity index (χ1v) is 12.3. The summed E-state index contributed by atoms with van der Waals surface area (Å²) in [6.07, 6.45) is 0.552. The molecule has 194 valence electrons. The molecule has 4 rings (SSSR count). The van der Waals surface area contributed by atoms with Crippen LogP contribution in [0.25, 0.3) is 10.9 Å². The number of fused-ring (bicyclic) bond motifs is 1. The Morgan fingerprint density at radius 1 is 0.892 bits per heavy atom. The lowest BCUT2D eigenvalue weighted by atomic mass is 10.1. The van der Waals surface area contributed by atoms with E-state index in [-0.39, 0.29) is 11.7 Å². The Morgan fingerprint density at radius 3 is 2.46 bits per heavy atom. The van der Waals surface area contributed by atoms with Crippen molar-refractivity contribution in [3.63, 3.8) is 0 Å². The van der Waals surface area contributed by atoms with E-state index in [9.17, 15) is 23.1 Å². The zero-order valence-corrected chi connectivity index (χ0v) is 20.4. The molecule has 1 amide bonds. The van der Waals surface area contributed by atoms with Crippen molar-refractivity contribution in [2.45, 2.75) is 38.4 Å². The van der Waals surface area contributed by atoms with Gasteiger partial charge >= 0.3 is 6.18 Å². The van der Waals surface area contributed by atoms with Gasteiger partial charge in [-0.25, -0.2) is 0 Å².